The fourth-order valence-electron chi connectivity index (χ4n) is 2.70. The highest BCUT2D eigenvalue weighted by atomic mass is 16.6. The Morgan fingerprint density at radius 1 is 1.48 bits per heavy atom. The van der Waals surface area contributed by atoms with Crippen molar-refractivity contribution in [1.29, 1.82) is 0 Å². The molecule has 0 amide bonds. The second kappa shape index (κ2) is 5.31. The van der Waals surface area contributed by atoms with Crippen LogP contribution in [0.2, 0.25) is 0 Å². The normalized spacial score (nSPS) is 27.6. The van der Waals surface area contributed by atoms with Crippen molar-refractivity contribution in [2.45, 2.75) is 24.5 Å². The van der Waals surface area contributed by atoms with Gasteiger partial charge in [-0.25, -0.2) is 0 Å². The van der Waals surface area contributed by atoms with E-state index in [2.05, 4.69) is 9.97 Å². The summed E-state index contributed by atoms with van der Waals surface area (Å²) in [7, 11) is 0. The minimum atomic E-state index is -1.35. The molecular weight excluding hydrogens is 308 g/mol. The second-order valence-electron chi connectivity index (χ2n) is 5.28. The van der Waals surface area contributed by atoms with Gasteiger partial charge < -0.3 is 30.4 Å². The summed E-state index contributed by atoms with van der Waals surface area (Å²) in [5.41, 5.74) is 10.9. The molecule has 1 fully saturated rings. The molecule has 0 aliphatic carbocycles. The largest absolute Gasteiger partial charge is 0.394 e. The van der Waals surface area contributed by atoms with Gasteiger partial charge in [0.25, 0.3) is 11.4 Å². The van der Waals surface area contributed by atoms with Crippen LogP contribution in [0.3, 0.4) is 0 Å². The van der Waals surface area contributed by atoms with E-state index in [-0.39, 0.29) is 28.4 Å². The minimum Gasteiger partial charge on any atom is -0.394 e. The predicted molar refractivity (Wildman–Crippen MR) is 78.0 cm³/mol. The summed E-state index contributed by atoms with van der Waals surface area (Å²) in [5.74, 6) is -0.270. The predicted octanol–water partition coefficient (Wildman–Crippen LogP) is -4.62. The third-order valence-corrected chi connectivity index (χ3v) is 3.80. The van der Waals surface area contributed by atoms with Gasteiger partial charge in [0.15, 0.2) is 11.9 Å². The van der Waals surface area contributed by atoms with E-state index in [9.17, 15) is 20.1 Å². The summed E-state index contributed by atoms with van der Waals surface area (Å²) >= 11 is 0. The molecule has 23 heavy (non-hydrogen) atoms. The molecule has 0 unspecified atom stereocenters. The van der Waals surface area contributed by atoms with E-state index in [0.717, 1.165) is 0 Å². The Morgan fingerprint density at radius 3 is 2.74 bits per heavy atom. The molecule has 3 heterocycles. The van der Waals surface area contributed by atoms with Gasteiger partial charge in [0.1, 0.15) is 18.3 Å². The Labute approximate surface area is 128 Å². The Bertz CT molecular complexity index is 829. The van der Waals surface area contributed by atoms with Gasteiger partial charge in [-0.15, -0.1) is 0 Å². The molecule has 0 spiro atoms. The van der Waals surface area contributed by atoms with E-state index < -0.39 is 36.7 Å². The van der Waals surface area contributed by atoms with Crippen LogP contribution in [0, 0.1) is 0 Å². The number of nitrogen functional groups attached to an aromatic ring is 1. The van der Waals surface area contributed by atoms with Gasteiger partial charge in [0, 0.05) is 6.20 Å². The number of ether oxygens (including phenoxy) is 1. The van der Waals surface area contributed by atoms with E-state index in [0.29, 0.717) is 0 Å². The summed E-state index contributed by atoms with van der Waals surface area (Å²) in [4.78, 5) is 18.5. The number of fused-ring (bicyclic) bond motifs is 1. The van der Waals surface area contributed by atoms with Gasteiger partial charge in [-0.3, -0.25) is 20.9 Å². The molecule has 0 bridgehead atoms. The van der Waals surface area contributed by atoms with Crippen molar-refractivity contribution in [2.24, 2.45) is 5.73 Å². The number of hydrogen-bond donors (Lipinski definition) is 7. The van der Waals surface area contributed by atoms with Crippen LogP contribution >= 0.6 is 0 Å². The van der Waals surface area contributed by atoms with Crippen LogP contribution in [-0.2, 0) is 4.74 Å². The fourth-order valence-corrected chi connectivity index (χ4v) is 2.70. The molecule has 124 valence electrons. The Morgan fingerprint density at radius 2 is 2.17 bits per heavy atom. The van der Waals surface area contributed by atoms with E-state index in [4.69, 9.17) is 21.6 Å². The first kappa shape index (κ1) is 15.4. The molecule has 4 atom stereocenters. The van der Waals surface area contributed by atoms with Crippen LogP contribution in [0.4, 0.5) is 5.95 Å². The zero-order valence-corrected chi connectivity index (χ0v) is 11.9. The molecule has 2 aromatic rings. The van der Waals surface area contributed by atoms with Gasteiger partial charge in [-0.2, -0.15) is 4.98 Å². The lowest BCUT2D eigenvalue weighted by Crippen LogP contribution is -2.46. The highest BCUT2D eigenvalue weighted by Crippen LogP contribution is 2.32. The van der Waals surface area contributed by atoms with Crippen LogP contribution in [-0.4, -0.2) is 60.6 Å². The number of nitrogens with two attached hydrogens (primary N) is 3. The number of aliphatic hydroxyl groups excluding tert-OH is 3. The molecule has 11 heteroatoms. The van der Waals surface area contributed by atoms with Gasteiger partial charge in [-0.05, 0) is 0 Å². The van der Waals surface area contributed by atoms with Crippen molar-refractivity contribution < 1.29 is 25.5 Å². The average molecular weight is 325 g/mol. The maximum atomic E-state index is 12.1. The maximum absolute atomic E-state index is 12.1. The SMILES string of the molecule is NC(=[NH2+])c1cn([C@@H]2O[C@H](CO)[C@@H](O)[C@H]2O)c2nc(N)[nH]c(=O)c12. The zero-order chi connectivity index (χ0) is 16.9. The Balaban J connectivity index is 2.23. The number of H-pyrrole nitrogens is 1. The van der Waals surface area contributed by atoms with Crippen LogP contribution in [0.1, 0.15) is 11.8 Å². The molecule has 1 aliphatic rings. The van der Waals surface area contributed by atoms with Crippen molar-refractivity contribution in [2.75, 3.05) is 12.3 Å². The molecule has 0 saturated carbocycles. The summed E-state index contributed by atoms with van der Waals surface area (Å²) in [6, 6.07) is 0. The number of hydrogen-bond acceptors (Lipinski definition) is 7. The smallest absolute Gasteiger partial charge is 0.273 e. The molecule has 1 aliphatic heterocycles. The van der Waals surface area contributed by atoms with Crippen molar-refractivity contribution in [3.05, 3.63) is 22.1 Å². The van der Waals surface area contributed by atoms with Crippen LogP contribution in [0.5, 0.6) is 0 Å². The summed E-state index contributed by atoms with van der Waals surface area (Å²) < 4.78 is 6.74. The van der Waals surface area contributed by atoms with Crippen molar-refractivity contribution in [3.8, 4) is 0 Å². The molecule has 0 aromatic carbocycles. The average Bonchev–Trinajstić information content (AvgIpc) is 2.99. The van der Waals surface area contributed by atoms with E-state index >= 15 is 0 Å². The number of aliphatic hydroxyl groups is 3. The first-order valence-corrected chi connectivity index (χ1v) is 6.76. The van der Waals surface area contributed by atoms with Gasteiger partial charge in [0.05, 0.1) is 17.6 Å². The molecule has 10 N–H and O–H groups in total. The van der Waals surface area contributed by atoms with Crippen LogP contribution in [0.15, 0.2) is 11.0 Å². The third kappa shape index (κ3) is 2.26. The van der Waals surface area contributed by atoms with Gasteiger partial charge in [0.2, 0.25) is 5.95 Å². The number of rotatable bonds is 3. The molecule has 3 rings (SSSR count). The fraction of sp³-hybridized carbons (Fsp3) is 0.417. The van der Waals surface area contributed by atoms with E-state index in [1.165, 1.54) is 10.8 Å². The zero-order valence-electron chi connectivity index (χ0n) is 11.9. The summed E-state index contributed by atoms with van der Waals surface area (Å²) in [6.07, 6.45) is -3.34. The number of nitrogens with one attached hydrogen (secondary N) is 1. The van der Waals surface area contributed by atoms with Crippen molar-refractivity contribution >= 4 is 22.8 Å². The number of nitrogens with zero attached hydrogens (tertiary/aromatic N) is 2. The molecule has 1 saturated heterocycles. The third-order valence-electron chi connectivity index (χ3n) is 3.80. The summed E-state index contributed by atoms with van der Waals surface area (Å²) in [5, 5.41) is 34.9. The lowest BCUT2D eigenvalue weighted by atomic mass is 10.1. The number of amidine groups is 1. The van der Waals surface area contributed by atoms with Gasteiger partial charge >= 0.3 is 0 Å². The van der Waals surface area contributed by atoms with Crippen LogP contribution in [0.25, 0.3) is 11.0 Å². The van der Waals surface area contributed by atoms with Crippen LogP contribution < -0.4 is 22.4 Å². The highest BCUT2D eigenvalue weighted by molar-refractivity contribution is 6.05. The Kier molecular flexibility index (Phi) is 3.56. The van der Waals surface area contributed by atoms with E-state index in [1.54, 1.807) is 0 Å². The number of aromatic nitrogens is 3. The first-order valence-electron chi connectivity index (χ1n) is 6.76. The Hall–Kier alpha value is -2.47. The molecule has 0 radical (unpaired) electrons. The monoisotopic (exact) mass is 325 g/mol. The first-order chi connectivity index (χ1) is 10.8. The molecule has 11 nitrogen and oxygen atoms in total. The second-order valence-corrected chi connectivity index (χ2v) is 5.28. The highest BCUT2D eigenvalue weighted by Gasteiger charge is 2.44. The minimum absolute atomic E-state index is 0.0805. The topological polar surface area (TPSA) is 198 Å². The van der Waals surface area contributed by atoms with Crippen molar-refractivity contribution in [1.82, 2.24) is 14.5 Å². The quantitative estimate of drug-likeness (QED) is 0.216. The standard InChI is InChI=1S/C12H16N6O5/c13-8(14)3-1-18(9-5(3)10(22)17-12(15)16-9)11-7(21)6(20)4(2-19)23-11/h1,4,6-7,11,19-21H,2H2,(H3,13,14)(H3,15,16,17,22)/p+1/t4-,6-,7-,11-/m1/s1. The lowest BCUT2D eigenvalue weighted by Gasteiger charge is -2.17. The molecular formula is C12H17N6O5+. The van der Waals surface area contributed by atoms with E-state index in [1.807, 2.05) is 0 Å². The lowest BCUT2D eigenvalue weighted by molar-refractivity contribution is -0.114. The summed E-state index contributed by atoms with van der Waals surface area (Å²) in [6.45, 7) is -0.484. The number of aromatic amines is 1. The number of anilines is 1. The van der Waals surface area contributed by atoms with Crippen molar-refractivity contribution in [3.63, 3.8) is 0 Å². The molecule has 2 aromatic heterocycles. The van der Waals surface area contributed by atoms with Gasteiger partial charge in [-0.1, -0.05) is 0 Å². The maximum Gasteiger partial charge on any atom is 0.273 e.